The van der Waals surface area contributed by atoms with Crippen LogP contribution in [0.25, 0.3) is 0 Å². The molecule has 0 aliphatic carbocycles. The first-order chi connectivity index (χ1) is 5.06. The van der Waals surface area contributed by atoms with Crippen molar-refractivity contribution >= 4 is 11.8 Å². The summed E-state index contributed by atoms with van der Waals surface area (Å²) in [5.74, 6) is -0.126. The molecule has 1 radical (unpaired) electrons. The molecule has 0 aromatic carbocycles. The normalized spacial score (nSPS) is 12.0. The number of alkyl halides is 3. The largest absolute Gasteiger partial charge is 0.397 e. The molecule has 4 heteroatoms. The Balaban J connectivity index is 3.02. The van der Waals surface area contributed by atoms with Gasteiger partial charge in [-0.15, -0.1) is 0 Å². The van der Waals surface area contributed by atoms with Crippen LogP contribution in [0.1, 0.15) is 19.3 Å². The van der Waals surface area contributed by atoms with Gasteiger partial charge in [0, 0.05) is 0 Å². The van der Waals surface area contributed by atoms with E-state index in [1.807, 2.05) is 0 Å². The minimum Gasteiger partial charge on any atom is -0.170 e. The van der Waals surface area contributed by atoms with Gasteiger partial charge in [-0.1, -0.05) is 19.8 Å². The quantitative estimate of drug-likeness (QED) is 0.592. The third-order valence-electron chi connectivity index (χ3n) is 1.05. The molecule has 0 atom stereocenters. The minimum absolute atomic E-state index is 0.592. The summed E-state index contributed by atoms with van der Waals surface area (Å²) in [4.78, 5) is 0. The lowest BCUT2D eigenvalue weighted by Crippen LogP contribution is -2.11. The van der Waals surface area contributed by atoms with E-state index in [1.54, 1.807) is 0 Å². The third kappa shape index (κ3) is 10.1. The highest BCUT2D eigenvalue weighted by atomic mass is 32.2. The molecule has 0 saturated heterocycles. The maximum absolute atomic E-state index is 11.5. The molecule has 0 aliphatic rings. The SMILES string of the molecule is [CH2]CCCCSCC(F)(F)F. The van der Waals surface area contributed by atoms with Crippen LogP contribution in [-0.2, 0) is 0 Å². The van der Waals surface area contributed by atoms with Crippen molar-refractivity contribution in [2.24, 2.45) is 0 Å². The second-order valence-electron chi connectivity index (χ2n) is 2.23. The van der Waals surface area contributed by atoms with Crippen LogP contribution in [0.2, 0.25) is 0 Å². The van der Waals surface area contributed by atoms with Crippen LogP contribution in [0.3, 0.4) is 0 Å². The van der Waals surface area contributed by atoms with Gasteiger partial charge in [-0.25, -0.2) is 0 Å². The Morgan fingerprint density at radius 1 is 1.18 bits per heavy atom. The number of hydrogen-bond donors (Lipinski definition) is 0. The van der Waals surface area contributed by atoms with Gasteiger partial charge >= 0.3 is 6.18 Å². The molecule has 0 aromatic rings. The minimum atomic E-state index is -4.00. The van der Waals surface area contributed by atoms with Crippen LogP contribution in [0.5, 0.6) is 0 Å². The highest BCUT2D eigenvalue weighted by Gasteiger charge is 2.26. The first kappa shape index (κ1) is 11.1. The Morgan fingerprint density at radius 3 is 2.27 bits per heavy atom. The van der Waals surface area contributed by atoms with Crippen molar-refractivity contribution in [3.05, 3.63) is 6.92 Å². The molecule has 0 nitrogen and oxygen atoms in total. The predicted molar refractivity (Wildman–Crippen MR) is 42.6 cm³/mol. The Labute approximate surface area is 69.5 Å². The zero-order valence-corrected chi connectivity index (χ0v) is 7.10. The standard InChI is InChI=1S/C7H12F3S/c1-2-3-4-5-11-6-7(8,9)10/h1-6H2. The van der Waals surface area contributed by atoms with Crippen LogP contribution >= 0.6 is 11.8 Å². The molecular weight excluding hydrogens is 173 g/mol. The summed E-state index contributed by atoms with van der Waals surface area (Å²) in [5, 5.41) is 0. The van der Waals surface area contributed by atoms with Crippen molar-refractivity contribution in [2.45, 2.75) is 25.4 Å². The van der Waals surface area contributed by atoms with E-state index in [0.717, 1.165) is 31.0 Å². The molecule has 0 fully saturated rings. The van der Waals surface area contributed by atoms with Crippen LogP contribution in [0.15, 0.2) is 0 Å². The molecule has 0 amide bonds. The molecule has 67 valence electrons. The molecule has 0 saturated carbocycles. The Morgan fingerprint density at radius 2 is 1.82 bits per heavy atom. The van der Waals surface area contributed by atoms with Gasteiger partial charge in [-0.05, 0) is 12.2 Å². The second-order valence-corrected chi connectivity index (χ2v) is 3.33. The van der Waals surface area contributed by atoms with Gasteiger partial charge in [-0.2, -0.15) is 24.9 Å². The van der Waals surface area contributed by atoms with Gasteiger partial charge in [0.2, 0.25) is 0 Å². The molecule has 0 spiro atoms. The zero-order valence-electron chi connectivity index (χ0n) is 6.28. The average molecular weight is 185 g/mol. The maximum atomic E-state index is 11.5. The van der Waals surface area contributed by atoms with Crippen LogP contribution in [0.4, 0.5) is 13.2 Å². The molecule has 0 rings (SSSR count). The number of halogens is 3. The van der Waals surface area contributed by atoms with Crippen molar-refractivity contribution in [3.63, 3.8) is 0 Å². The van der Waals surface area contributed by atoms with Crippen molar-refractivity contribution in [3.8, 4) is 0 Å². The number of unbranched alkanes of at least 4 members (excludes halogenated alkanes) is 2. The summed E-state index contributed by atoms with van der Waals surface area (Å²) < 4.78 is 34.6. The van der Waals surface area contributed by atoms with Gasteiger partial charge in [0.1, 0.15) is 0 Å². The van der Waals surface area contributed by atoms with Gasteiger partial charge in [0.15, 0.2) is 0 Å². The first-order valence-corrected chi connectivity index (χ1v) is 4.65. The maximum Gasteiger partial charge on any atom is 0.397 e. The van der Waals surface area contributed by atoms with Crippen LogP contribution in [-0.4, -0.2) is 17.7 Å². The Bertz CT molecular complexity index is 90.2. The van der Waals surface area contributed by atoms with Crippen molar-refractivity contribution < 1.29 is 13.2 Å². The fraction of sp³-hybridized carbons (Fsp3) is 0.857. The summed E-state index contributed by atoms with van der Waals surface area (Å²) in [6.07, 6.45) is -1.43. The van der Waals surface area contributed by atoms with E-state index >= 15 is 0 Å². The molecule has 11 heavy (non-hydrogen) atoms. The molecular formula is C7H12F3S. The monoisotopic (exact) mass is 185 g/mol. The average Bonchev–Trinajstić information content (AvgIpc) is 1.85. The molecule has 0 unspecified atom stereocenters. The Hall–Kier alpha value is 0.140. The second kappa shape index (κ2) is 5.75. The molecule has 0 bridgehead atoms. The molecule has 0 N–H and O–H groups in total. The summed E-state index contributed by atoms with van der Waals surface area (Å²) in [6.45, 7) is 3.60. The van der Waals surface area contributed by atoms with Crippen molar-refractivity contribution in [1.82, 2.24) is 0 Å². The third-order valence-corrected chi connectivity index (χ3v) is 2.16. The molecule has 0 heterocycles. The van der Waals surface area contributed by atoms with Crippen molar-refractivity contribution in [1.29, 1.82) is 0 Å². The van der Waals surface area contributed by atoms with Gasteiger partial charge in [0.25, 0.3) is 0 Å². The lowest BCUT2D eigenvalue weighted by atomic mass is 10.3. The lowest BCUT2D eigenvalue weighted by Gasteiger charge is -2.04. The molecule has 0 aliphatic heterocycles. The number of rotatable bonds is 5. The van der Waals surface area contributed by atoms with E-state index in [1.165, 1.54) is 0 Å². The van der Waals surface area contributed by atoms with E-state index < -0.39 is 11.9 Å². The van der Waals surface area contributed by atoms with Gasteiger partial charge in [-0.3, -0.25) is 0 Å². The van der Waals surface area contributed by atoms with Crippen LogP contribution < -0.4 is 0 Å². The van der Waals surface area contributed by atoms with Crippen molar-refractivity contribution in [2.75, 3.05) is 11.5 Å². The van der Waals surface area contributed by atoms with E-state index in [-0.39, 0.29) is 0 Å². The van der Waals surface area contributed by atoms with E-state index in [2.05, 4.69) is 6.92 Å². The number of hydrogen-bond acceptors (Lipinski definition) is 1. The first-order valence-electron chi connectivity index (χ1n) is 3.50. The smallest absolute Gasteiger partial charge is 0.170 e. The number of thioether (sulfide) groups is 1. The lowest BCUT2D eigenvalue weighted by molar-refractivity contribution is -0.105. The van der Waals surface area contributed by atoms with Crippen LogP contribution in [0, 0.1) is 6.92 Å². The highest BCUT2D eigenvalue weighted by Crippen LogP contribution is 2.21. The zero-order chi connectivity index (χ0) is 8.74. The topological polar surface area (TPSA) is 0 Å². The summed E-state index contributed by atoms with van der Waals surface area (Å²) >= 11 is 0.947. The van der Waals surface area contributed by atoms with Gasteiger partial charge < -0.3 is 0 Å². The predicted octanol–water partition coefficient (Wildman–Crippen LogP) is 3.29. The molecule has 0 aromatic heterocycles. The van der Waals surface area contributed by atoms with Gasteiger partial charge in [0.05, 0.1) is 5.75 Å². The summed E-state index contributed by atoms with van der Waals surface area (Å²) in [5.41, 5.74) is 0. The summed E-state index contributed by atoms with van der Waals surface area (Å²) in [7, 11) is 0. The highest BCUT2D eigenvalue weighted by molar-refractivity contribution is 7.99. The fourth-order valence-corrected chi connectivity index (χ4v) is 1.35. The van der Waals surface area contributed by atoms with E-state index in [0.29, 0.717) is 5.75 Å². The Kier molecular flexibility index (Phi) is 5.82. The summed E-state index contributed by atoms with van der Waals surface area (Å²) in [6, 6.07) is 0. The van der Waals surface area contributed by atoms with E-state index in [4.69, 9.17) is 0 Å². The fourth-order valence-electron chi connectivity index (χ4n) is 0.569. The van der Waals surface area contributed by atoms with E-state index in [9.17, 15) is 13.2 Å².